The Bertz CT molecular complexity index is 5090. The first-order valence-corrected chi connectivity index (χ1v) is 48.8. The predicted molar refractivity (Wildman–Crippen MR) is 591 cm³/mol. The Morgan fingerprint density at radius 2 is 0.582 bits per heavy atom. The maximum Gasteiger partial charge on any atom is 0.338 e. The molecule has 7 nitrogen and oxygen atoms in total. The summed E-state index contributed by atoms with van der Waals surface area (Å²) in [5.41, 5.74) is 25.8. The lowest BCUT2D eigenvalue weighted by atomic mass is 9.96. The van der Waals surface area contributed by atoms with Gasteiger partial charge in [0.05, 0.1) is 47.7 Å². The fourth-order valence-electron chi connectivity index (χ4n) is 13.9. The van der Waals surface area contributed by atoms with Crippen molar-refractivity contribution in [2.24, 2.45) is 0 Å². The quantitative estimate of drug-likeness (QED) is 0.0552. The zero-order valence-corrected chi connectivity index (χ0v) is 88.4. The average molecular weight is 1830 g/mol. The van der Waals surface area contributed by atoms with E-state index in [4.69, 9.17) is 28.4 Å². The number of benzene rings is 13. The van der Waals surface area contributed by atoms with Gasteiger partial charge in [0.2, 0.25) is 0 Å². The summed E-state index contributed by atoms with van der Waals surface area (Å²) in [6.45, 7) is 63.2. The summed E-state index contributed by atoms with van der Waals surface area (Å²) in [4.78, 5) is 12.6. The smallest absolute Gasteiger partial charge is 0.338 e. The maximum atomic E-state index is 11.3. The molecule has 726 valence electrons. The number of rotatable bonds is 20. The second-order valence-corrected chi connectivity index (χ2v) is 37.7. The van der Waals surface area contributed by atoms with Crippen LogP contribution < -0.4 is 23.7 Å². The van der Waals surface area contributed by atoms with E-state index in [0.29, 0.717) is 77.3 Å². The number of hydrogen-bond donors (Lipinski definition) is 0. The molecular weight excluding hydrogens is 1660 g/mol. The van der Waals surface area contributed by atoms with Gasteiger partial charge in [-0.05, 0) is 285 Å². The number of carbonyl (C=O) groups is 1. The van der Waals surface area contributed by atoms with Gasteiger partial charge < -0.3 is 28.4 Å². The Labute approximate surface area is 821 Å². The second kappa shape index (κ2) is 65.6. The van der Waals surface area contributed by atoms with Gasteiger partial charge in [0.25, 0.3) is 0 Å². The van der Waals surface area contributed by atoms with Crippen molar-refractivity contribution in [3.8, 4) is 39.9 Å². The van der Waals surface area contributed by atoms with Gasteiger partial charge in [0, 0.05) is 4.90 Å². The summed E-state index contributed by atoms with van der Waals surface area (Å²) < 4.78 is 30.8. The van der Waals surface area contributed by atoms with E-state index < -0.39 is 0 Å². The first kappa shape index (κ1) is 121. The zero-order chi connectivity index (χ0) is 98.7. The minimum atomic E-state index is -0.247. The molecule has 8 heteroatoms. The second-order valence-electron chi connectivity index (χ2n) is 36.8. The van der Waals surface area contributed by atoms with E-state index in [2.05, 4.69) is 425 Å². The van der Waals surface area contributed by atoms with Crippen LogP contribution in [-0.4, -0.2) is 54.4 Å². The van der Waals surface area contributed by atoms with Crippen molar-refractivity contribution >= 4 is 28.5 Å². The van der Waals surface area contributed by atoms with Crippen LogP contribution in [0.5, 0.6) is 28.7 Å². The molecule has 0 aliphatic carbocycles. The molecule has 0 heterocycles. The van der Waals surface area contributed by atoms with E-state index in [1.165, 1.54) is 121 Å². The van der Waals surface area contributed by atoms with Crippen molar-refractivity contribution in [3.63, 3.8) is 0 Å². The van der Waals surface area contributed by atoms with Crippen molar-refractivity contribution in [1.82, 2.24) is 0 Å². The van der Waals surface area contributed by atoms with E-state index in [1.54, 1.807) is 54.2 Å². The lowest BCUT2D eigenvalue weighted by molar-refractivity contribution is 0.0526. The monoisotopic (exact) mass is 1830 g/mol. The summed E-state index contributed by atoms with van der Waals surface area (Å²) in [7, 11) is 8.53. The van der Waals surface area contributed by atoms with Crippen LogP contribution in [0, 0.1) is 41.5 Å². The molecule has 0 aliphatic heterocycles. The molecule has 0 saturated carbocycles. The molecule has 0 fully saturated rings. The normalized spacial score (nSPS) is 10.3. The number of esters is 1. The Balaban J connectivity index is 0.000000738. The molecule has 13 aromatic rings. The highest BCUT2D eigenvalue weighted by Gasteiger charge is 2.12. The maximum absolute atomic E-state index is 11.3. The van der Waals surface area contributed by atoms with Crippen LogP contribution in [0.1, 0.15) is 344 Å². The molecule has 134 heavy (non-hydrogen) atoms. The van der Waals surface area contributed by atoms with E-state index in [1.807, 2.05) is 66.7 Å². The molecule has 0 radical (unpaired) electrons. The SMILES string of the molecule is C.C.CC(C)c1ccc(-c2ccccc2)cc1.CC(C)c1cccc2ccccc12.CC(C)c1ccccc1.CCOC(=O)c1ccc(C(C)C)cc1.COc1c(C)cc(C(C)C)cc1C.COc1ccc(C(C)C)cc1.COc1ccc(C(C)C)cc1C.COc1ccc(C(C)C)cc1C.COc1ccc(C(C)C)cc1C.CSc1ccc(C(C)C)cc1.Cc1cccc(C(C)C)c1. The molecule has 0 aromatic heterocycles. The largest absolute Gasteiger partial charge is 0.497 e. The van der Waals surface area contributed by atoms with Gasteiger partial charge in [-0.25, -0.2) is 4.79 Å². The van der Waals surface area contributed by atoms with Gasteiger partial charge in [0.1, 0.15) is 28.7 Å². The van der Waals surface area contributed by atoms with E-state index in [0.717, 1.165) is 28.7 Å². The summed E-state index contributed by atoms with van der Waals surface area (Å²) >= 11 is 1.79. The van der Waals surface area contributed by atoms with Crippen molar-refractivity contribution in [2.45, 2.75) is 286 Å². The van der Waals surface area contributed by atoms with Crippen LogP contribution in [0.4, 0.5) is 0 Å². The molecule has 0 atom stereocenters. The number of aryl methyl sites for hydroxylation is 6. The van der Waals surface area contributed by atoms with Crippen molar-refractivity contribution in [2.75, 3.05) is 48.4 Å². The summed E-state index contributed by atoms with van der Waals surface area (Å²) in [6, 6.07) is 102. The minimum absolute atomic E-state index is 0. The van der Waals surface area contributed by atoms with Gasteiger partial charge in [-0.2, -0.15) is 0 Å². The standard InChI is InChI=1S/C15H16.C13H14.C12H16O2.C12H18O.3C11H16O.C10H14O.C10H14S.C10H14.C9H12.2CH4/c1-12(2)13-8-10-15(11-9-13)14-6-4-3-5-7-14;1-10(2)12-9-5-7-11-6-3-4-8-13(11)12;1-4-14-12(13)11-7-5-10(6-8-11)9(2)3;1-8(2)11-6-9(3)12(13-5)10(4)7-11;3*1-8(2)10-5-6-11(12-4)9(3)7-10;2*1-8(2)9-4-6-10(11-3)7-5-9;1-8(2)10-6-4-5-9(3)7-10;1-8(2)9-6-4-3-5-7-9;;/h3-12H,1-2H3;3-10H,1-2H3;5-9H,4H2,1-3H3;6-8H,1-5H3;3*5-8H,1-4H3;2*4-8H,1-3H3;4-8H,1-3H3;3-8H,1-2H3;2*1H4. The third-order valence-corrected chi connectivity index (χ3v) is 23.3. The van der Waals surface area contributed by atoms with Gasteiger partial charge in [-0.3, -0.25) is 0 Å². The Morgan fingerprint density at radius 3 is 0.910 bits per heavy atom. The Hall–Kier alpha value is -11.1. The number of fused-ring (bicyclic) bond motifs is 1. The topological polar surface area (TPSA) is 72.5 Å². The van der Waals surface area contributed by atoms with Crippen LogP contribution in [0.25, 0.3) is 21.9 Å². The number of hydrogen-bond acceptors (Lipinski definition) is 8. The van der Waals surface area contributed by atoms with Gasteiger partial charge in [0.15, 0.2) is 0 Å². The molecule has 0 N–H and O–H groups in total. The average Bonchev–Trinajstić information content (AvgIpc) is 0.862. The third kappa shape index (κ3) is 44.4. The molecule has 13 aromatic carbocycles. The first-order chi connectivity index (χ1) is 62.7. The molecule has 0 unspecified atom stereocenters. The number of methoxy groups -OCH3 is 5. The molecule has 0 spiro atoms. The van der Waals surface area contributed by atoms with Crippen molar-refractivity contribution in [3.05, 3.63) is 391 Å². The summed E-state index contributed by atoms with van der Waals surface area (Å²) in [5.74, 6) is 11.2. The van der Waals surface area contributed by atoms with Gasteiger partial charge in [-0.15, -0.1) is 11.8 Å². The number of carbonyl (C=O) groups excluding carboxylic acids is 1. The molecule has 0 bridgehead atoms. The van der Waals surface area contributed by atoms with Crippen LogP contribution in [-0.2, 0) is 4.74 Å². The number of ether oxygens (including phenoxy) is 6. The highest BCUT2D eigenvalue weighted by atomic mass is 32.2. The lowest BCUT2D eigenvalue weighted by Gasteiger charge is -2.13. The van der Waals surface area contributed by atoms with Gasteiger partial charge >= 0.3 is 5.97 Å². The fraction of sp³-hybridized carbons (Fsp3) is 0.389. The molecule has 0 saturated heterocycles. The number of thioether (sulfide) groups is 1. The molecule has 0 aliphatic rings. The Morgan fingerprint density at radius 1 is 0.276 bits per heavy atom. The predicted octanol–water partition coefficient (Wildman–Crippen LogP) is 37.8. The van der Waals surface area contributed by atoms with Crippen molar-refractivity contribution < 1.29 is 33.2 Å². The van der Waals surface area contributed by atoms with E-state index in [-0.39, 0.29) is 20.8 Å². The van der Waals surface area contributed by atoms with Crippen LogP contribution in [0.2, 0.25) is 0 Å². The highest BCUT2D eigenvalue weighted by molar-refractivity contribution is 7.98. The first-order valence-electron chi connectivity index (χ1n) is 47.6. The summed E-state index contributed by atoms with van der Waals surface area (Å²) in [5, 5.41) is 2.73. The Kier molecular flexibility index (Phi) is 59.2. The minimum Gasteiger partial charge on any atom is -0.497 e. The molecule has 0 amide bonds. The summed E-state index contributed by atoms with van der Waals surface area (Å²) in [6.07, 6.45) is 2.10. The van der Waals surface area contributed by atoms with Crippen molar-refractivity contribution in [1.29, 1.82) is 0 Å². The molecule has 13 rings (SSSR count). The lowest BCUT2D eigenvalue weighted by Crippen LogP contribution is -2.04. The van der Waals surface area contributed by atoms with Crippen LogP contribution >= 0.6 is 11.8 Å². The van der Waals surface area contributed by atoms with Gasteiger partial charge in [-0.1, -0.05) is 409 Å². The van der Waals surface area contributed by atoms with E-state index in [9.17, 15) is 4.79 Å². The van der Waals surface area contributed by atoms with Crippen LogP contribution in [0.15, 0.2) is 296 Å². The fourth-order valence-corrected chi connectivity index (χ4v) is 14.3. The highest BCUT2D eigenvalue weighted by Crippen LogP contribution is 2.32. The molecular formula is C126H174O7S. The zero-order valence-electron chi connectivity index (χ0n) is 87.5. The third-order valence-electron chi connectivity index (χ3n) is 22.6. The van der Waals surface area contributed by atoms with Crippen LogP contribution in [0.3, 0.4) is 0 Å². The van der Waals surface area contributed by atoms with E-state index >= 15 is 0 Å².